The number of benzene rings is 1. The number of anilines is 1. The number of aromatic nitrogens is 3. The van der Waals surface area contributed by atoms with Crippen LogP contribution in [-0.2, 0) is 13.8 Å². The Morgan fingerprint density at radius 2 is 1.86 bits per heavy atom. The van der Waals surface area contributed by atoms with Crippen molar-refractivity contribution in [1.82, 2.24) is 15.0 Å². The maximum atomic E-state index is 12.0. The Kier molecular flexibility index (Phi) is 3.42. The molecule has 0 saturated carbocycles. The van der Waals surface area contributed by atoms with E-state index in [1.54, 1.807) is 36.7 Å². The minimum atomic E-state index is -3.75. The van der Waals surface area contributed by atoms with Crippen LogP contribution in [0.5, 0.6) is 0 Å². The van der Waals surface area contributed by atoms with E-state index in [-0.39, 0.29) is 18.9 Å². The van der Waals surface area contributed by atoms with Crippen molar-refractivity contribution < 1.29 is 13.2 Å². The summed E-state index contributed by atoms with van der Waals surface area (Å²) in [7, 11) is 1.59. The fourth-order valence-electron chi connectivity index (χ4n) is 2.25. The average molecular weight is 327 g/mol. The number of hydrogen-bond acceptors (Lipinski definition) is 5. The van der Waals surface area contributed by atoms with Crippen LogP contribution < -0.4 is 4.90 Å². The molecule has 1 aromatic heterocycles. The molecule has 1 aromatic carbocycles. The summed E-state index contributed by atoms with van der Waals surface area (Å²) in [5.74, 6) is -0.269. The van der Waals surface area contributed by atoms with Crippen LogP contribution in [0.25, 0.3) is 5.69 Å². The number of rotatable bonds is 3. The standard InChI is InChI=1S/C12H11ClN4O3S/c13-21(19,20)11-7-12(18)16(8-11)9-2-1-3-10(6-9)17-14-4-5-15-17/h1-6,11H,7-8H2. The molecular formula is C12H11ClN4O3S. The predicted octanol–water partition coefficient (Wildman–Crippen LogP) is 0.941. The Bertz CT molecular complexity index is 776. The summed E-state index contributed by atoms with van der Waals surface area (Å²) in [6.45, 7) is 0.0562. The van der Waals surface area contributed by atoms with E-state index in [0.717, 1.165) is 0 Å². The van der Waals surface area contributed by atoms with Crippen molar-refractivity contribution >= 4 is 31.3 Å². The fraction of sp³-hybridized carbons (Fsp3) is 0.250. The van der Waals surface area contributed by atoms with Crippen LogP contribution in [0.3, 0.4) is 0 Å². The van der Waals surface area contributed by atoms with Crippen molar-refractivity contribution in [2.24, 2.45) is 0 Å². The molecule has 0 aliphatic carbocycles. The number of amides is 1. The Hall–Kier alpha value is -1.93. The van der Waals surface area contributed by atoms with Gasteiger partial charge in [-0.25, -0.2) is 8.42 Å². The van der Waals surface area contributed by atoms with Crippen molar-refractivity contribution in [2.75, 3.05) is 11.4 Å². The second-order valence-electron chi connectivity index (χ2n) is 4.64. The van der Waals surface area contributed by atoms with E-state index in [0.29, 0.717) is 11.4 Å². The second-order valence-corrected chi connectivity index (χ2v) is 7.55. The van der Waals surface area contributed by atoms with Gasteiger partial charge in [0, 0.05) is 29.3 Å². The minimum absolute atomic E-state index is 0.0562. The summed E-state index contributed by atoms with van der Waals surface area (Å²) in [5, 5.41) is 7.15. The molecule has 21 heavy (non-hydrogen) atoms. The van der Waals surface area contributed by atoms with Crippen LogP contribution in [0, 0.1) is 0 Å². The molecule has 1 unspecified atom stereocenters. The van der Waals surface area contributed by atoms with E-state index in [4.69, 9.17) is 10.7 Å². The lowest BCUT2D eigenvalue weighted by molar-refractivity contribution is -0.117. The van der Waals surface area contributed by atoms with Gasteiger partial charge in [-0.15, -0.1) is 0 Å². The summed E-state index contributed by atoms with van der Waals surface area (Å²) in [6, 6.07) is 7.00. The summed E-state index contributed by atoms with van der Waals surface area (Å²) in [5.41, 5.74) is 1.28. The first kappa shape index (κ1) is 14.0. The second kappa shape index (κ2) is 5.12. The zero-order valence-electron chi connectivity index (χ0n) is 10.8. The molecule has 0 N–H and O–H groups in total. The molecule has 110 valence electrons. The molecule has 1 saturated heterocycles. The highest BCUT2D eigenvalue weighted by Gasteiger charge is 2.38. The van der Waals surface area contributed by atoms with Crippen LogP contribution in [0.4, 0.5) is 5.69 Å². The van der Waals surface area contributed by atoms with Gasteiger partial charge in [0.1, 0.15) is 5.25 Å². The van der Waals surface area contributed by atoms with E-state index >= 15 is 0 Å². The monoisotopic (exact) mass is 326 g/mol. The van der Waals surface area contributed by atoms with Gasteiger partial charge in [-0.05, 0) is 18.2 Å². The van der Waals surface area contributed by atoms with Crippen LogP contribution in [0.15, 0.2) is 36.7 Å². The van der Waals surface area contributed by atoms with E-state index < -0.39 is 14.3 Å². The van der Waals surface area contributed by atoms with Gasteiger partial charge in [-0.2, -0.15) is 15.0 Å². The lowest BCUT2D eigenvalue weighted by Crippen LogP contribution is -2.26. The maximum absolute atomic E-state index is 12.0. The highest BCUT2D eigenvalue weighted by molar-refractivity contribution is 8.14. The van der Waals surface area contributed by atoms with Crippen LogP contribution in [0.2, 0.25) is 0 Å². The third-order valence-electron chi connectivity index (χ3n) is 3.28. The smallest absolute Gasteiger partial charge is 0.237 e. The van der Waals surface area contributed by atoms with Gasteiger partial charge in [-0.1, -0.05) is 6.07 Å². The van der Waals surface area contributed by atoms with Gasteiger partial charge >= 0.3 is 0 Å². The first-order chi connectivity index (χ1) is 9.95. The molecule has 1 aliphatic rings. The van der Waals surface area contributed by atoms with Crippen molar-refractivity contribution in [3.63, 3.8) is 0 Å². The van der Waals surface area contributed by atoms with E-state index in [1.165, 1.54) is 9.70 Å². The van der Waals surface area contributed by atoms with E-state index in [9.17, 15) is 13.2 Å². The average Bonchev–Trinajstić information content (AvgIpc) is 3.07. The van der Waals surface area contributed by atoms with Crippen molar-refractivity contribution in [3.8, 4) is 5.69 Å². The molecule has 9 heteroatoms. The largest absolute Gasteiger partial charge is 0.311 e. The summed E-state index contributed by atoms with van der Waals surface area (Å²) < 4.78 is 22.7. The zero-order chi connectivity index (χ0) is 15.0. The Balaban J connectivity index is 1.91. The van der Waals surface area contributed by atoms with Crippen molar-refractivity contribution in [1.29, 1.82) is 0 Å². The number of carbonyl (C=O) groups excluding carboxylic acids is 1. The number of halogens is 1. The lowest BCUT2D eigenvalue weighted by Gasteiger charge is -2.16. The summed E-state index contributed by atoms with van der Waals surface area (Å²) in [4.78, 5) is 14.8. The molecule has 0 radical (unpaired) electrons. The molecule has 0 bridgehead atoms. The van der Waals surface area contributed by atoms with Gasteiger partial charge in [0.15, 0.2) is 0 Å². The first-order valence-corrected chi connectivity index (χ1v) is 8.53. The van der Waals surface area contributed by atoms with Crippen molar-refractivity contribution in [2.45, 2.75) is 11.7 Å². The van der Waals surface area contributed by atoms with E-state index in [1.807, 2.05) is 0 Å². The highest BCUT2D eigenvalue weighted by atomic mass is 35.7. The molecule has 0 spiro atoms. The van der Waals surface area contributed by atoms with Crippen molar-refractivity contribution in [3.05, 3.63) is 36.7 Å². The molecule has 7 nitrogen and oxygen atoms in total. The quantitative estimate of drug-likeness (QED) is 0.784. The summed E-state index contributed by atoms with van der Waals surface area (Å²) >= 11 is 0. The lowest BCUT2D eigenvalue weighted by atomic mass is 10.2. The maximum Gasteiger partial charge on any atom is 0.237 e. The SMILES string of the molecule is O=C1CC(S(=O)(=O)Cl)CN1c1cccc(-n2nccn2)c1. The van der Waals surface area contributed by atoms with Crippen LogP contribution in [0.1, 0.15) is 6.42 Å². The topological polar surface area (TPSA) is 85.2 Å². The molecule has 1 atom stereocenters. The number of nitrogens with zero attached hydrogens (tertiary/aromatic N) is 4. The Labute approximate surface area is 125 Å². The van der Waals surface area contributed by atoms with E-state index in [2.05, 4.69) is 10.2 Å². The highest BCUT2D eigenvalue weighted by Crippen LogP contribution is 2.27. The van der Waals surface area contributed by atoms with Gasteiger partial charge in [0.05, 0.1) is 18.1 Å². The minimum Gasteiger partial charge on any atom is -0.311 e. The van der Waals surface area contributed by atoms with Gasteiger partial charge in [0.25, 0.3) is 0 Å². The molecular weight excluding hydrogens is 316 g/mol. The number of carbonyl (C=O) groups is 1. The molecule has 2 aromatic rings. The van der Waals surface area contributed by atoms with Gasteiger partial charge in [0.2, 0.25) is 15.0 Å². The number of hydrogen-bond donors (Lipinski definition) is 0. The van der Waals surface area contributed by atoms with Gasteiger partial charge in [-0.3, -0.25) is 4.79 Å². The van der Waals surface area contributed by atoms with Crippen LogP contribution in [-0.4, -0.2) is 41.1 Å². The van der Waals surface area contributed by atoms with Gasteiger partial charge < -0.3 is 4.90 Å². The molecule has 1 aliphatic heterocycles. The van der Waals surface area contributed by atoms with Crippen LogP contribution >= 0.6 is 10.7 Å². The summed E-state index contributed by atoms with van der Waals surface area (Å²) in [6.07, 6.45) is 2.99. The molecule has 1 amide bonds. The Morgan fingerprint density at radius 3 is 2.48 bits per heavy atom. The normalized spacial score (nSPS) is 19.2. The first-order valence-electron chi connectivity index (χ1n) is 6.16. The molecule has 1 fully saturated rings. The molecule has 2 heterocycles. The molecule has 3 rings (SSSR count). The Morgan fingerprint density at radius 1 is 1.19 bits per heavy atom. The third-order valence-corrected chi connectivity index (χ3v) is 5.15. The fourth-order valence-corrected chi connectivity index (χ4v) is 3.27. The third kappa shape index (κ3) is 2.77. The predicted molar refractivity (Wildman–Crippen MR) is 76.9 cm³/mol. The zero-order valence-corrected chi connectivity index (χ0v) is 12.3.